The molecule has 0 rings (SSSR count). The SMILES string of the molecule is CCCC[N+](CCCC)(CCCC)CCCC.S=C([S-])NCCNC(=S)[S-].[Ni]. The van der Waals surface area contributed by atoms with Crippen LogP contribution in [0, 0.1) is 0 Å². The van der Waals surface area contributed by atoms with Crippen LogP contribution in [-0.4, -0.2) is 52.4 Å². The number of hydrogen-bond donors (Lipinski definition) is 2. The summed E-state index contributed by atoms with van der Waals surface area (Å²) < 4.78 is 2.16. The van der Waals surface area contributed by atoms with E-state index >= 15 is 0 Å². The number of unbranched alkanes of at least 4 members (excludes halogenated alkanes) is 4. The van der Waals surface area contributed by atoms with Crippen molar-refractivity contribution in [1.29, 1.82) is 0 Å². The minimum Gasteiger partial charge on any atom is -0.412 e. The summed E-state index contributed by atoms with van der Waals surface area (Å²) in [6.45, 7) is 16.3. The minimum absolute atomic E-state index is 0. The summed E-state index contributed by atoms with van der Waals surface area (Å²) in [5.41, 5.74) is 0. The molecule has 0 aromatic carbocycles. The molecule has 172 valence electrons. The quantitative estimate of drug-likeness (QED) is 0.107. The molecule has 28 heavy (non-hydrogen) atoms. The third-order valence-electron chi connectivity index (χ3n) is 4.61. The maximum Gasteiger partial charge on any atom is 0.0786 e. The van der Waals surface area contributed by atoms with Crippen LogP contribution in [0.15, 0.2) is 0 Å². The predicted molar refractivity (Wildman–Crippen MR) is 135 cm³/mol. The van der Waals surface area contributed by atoms with E-state index in [1.54, 1.807) is 0 Å². The molecule has 0 amide bonds. The van der Waals surface area contributed by atoms with Gasteiger partial charge in [0.05, 0.1) is 26.2 Å². The summed E-state index contributed by atoms with van der Waals surface area (Å²) >= 11 is 18.4. The Labute approximate surface area is 207 Å². The molecule has 0 atom stereocenters. The molecule has 8 heteroatoms. The zero-order valence-electron chi connectivity index (χ0n) is 18.3. The molecular weight excluding hydrogens is 469 g/mol. The van der Waals surface area contributed by atoms with Crippen molar-refractivity contribution in [2.24, 2.45) is 0 Å². The summed E-state index contributed by atoms with van der Waals surface area (Å²) in [6, 6.07) is 0. The van der Waals surface area contributed by atoms with Crippen LogP contribution >= 0.6 is 24.4 Å². The number of rotatable bonds is 15. The van der Waals surface area contributed by atoms with Gasteiger partial charge in [-0.1, -0.05) is 62.0 Å². The summed E-state index contributed by atoms with van der Waals surface area (Å²) in [5, 5.41) is 5.56. The molecule has 0 aliphatic heterocycles. The van der Waals surface area contributed by atoms with Crippen molar-refractivity contribution >= 4 is 58.3 Å². The van der Waals surface area contributed by atoms with Gasteiger partial charge in [0.15, 0.2) is 0 Å². The topological polar surface area (TPSA) is 24.1 Å². The number of nitrogens with zero attached hydrogens (tertiary/aromatic N) is 1. The fourth-order valence-electron chi connectivity index (χ4n) is 2.97. The molecule has 2 N–H and O–H groups in total. The molecule has 0 saturated heterocycles. The van der Waals surface area contributed by atoms with Gasteiger partial charge in [-0.15, -0.1) is 0 Å². The Hall–Kier alpha value is 0.674. The number of nitrogens with one attached hydrogen (secondary N) is 2. The number of hydrogen-bond acceptors (Lipinski definition) is 4. The Morgan fingerprint density at radius 1 is 0.643 bits per heavy atom. The Bertz CT molecular complexity index is 318. The van der Waals surface area contributed by atoms with Gasteiger partial charge in [-0.2, -0.15) is 0 Å². The van der Waals surface area contributed by atoms with Gasteiger partial charge in [0, 0.05) is 29.6 Å². The van der Waals surface area contributed by atoms with Gasteiger partial charge in [0.25, 0.3) is 0 Å². The fraction of sp³-hybridized carbons (Fsp3) is 0.900. The zero-order chi connectivity index (χ0) is 21.0. The Morgan fingerprint density at radius 3 is 1.07 bits per heavy atom. The van der Waals surface area contributed by atoms with Gasteiger partial charge in [-0.25, -0.2) is 0 Å². The van der Waals surface area contributed by atoms with E-state index in [0.29, 0.717) is 21.7 Å². The van der Waals surface area contributed by atoms with Gasteiger partial charge >= 0.3 is 0 Å². The van der Waals surface area contributed by atoms with Crippen LogP contribution in [-0.2, 0) is 41.7 Å². The Morgan fingerprint density at radius 2 is 0.893 bits per heavy atom. The molecule has 0 aromatic rings. The summed E-state index contributed by atoms with van der Waals surface area (Å²) in [4.78, 5) is 0. The summed E-state index contributed by atoms with van der Waals surface area (Å²) in [7, 11) is 0. The van der Waals surface area contributed by atoms with Crippen molar-refractivity contribution in [2.45, 2.75) is 79.1 Å². The monoisotopic (exact) mass is 510 g/mol. The van der Waals surface area contributed by atoms with Gasteiger partial charge in [0.1, 0.15) is 0 Å². The first-order valence-corrected chi connectivity index (χ1v) is 12.2. The Balaban J connectivity index is -0.000000489. The molecule has 3 nitrogen and oxygen atoms in total. The van der Waals surface area contributed by atoms with E-state index in [-0.39, 0.29) is 16.5 Å². The molecule has 0 radical (unpaired) electrons. The smallest absolute Gasteiger partial charge is 0.0786 e. The van der Waals surface area contributed by atoms with Crippen LogP contribution in [0.5, 0.6) is 0 Å². The third-order valence-corrected chi connectivity index (χ3v) is 5.19. The molecule has 0 saturated carbocycles. The van der Waals surface area contributed by atoms with E-state index in [9.17, 15) is 0 Å². The van der Waals surface area contributed by atoms with E-state index < -0.39 is 0 Å². The second-order valence-electron chi connectivity index (χ2n) is 7.08. The summed E-state index contributed by atoms with van der Waals surface area (Å²) in [6.07, 6.45) is 11.1. The van der Waals surface area contributed by atoms with E-state index in [1.165, 1.54) is 82.0 Å². The van der Waals surface area contributed by atoms with Crippen molar-refractivity contribution < 1.29 is 21.0 Å². The first-order chi connectivity index (χ1) is 12.9. The van der Waals surface area contributed by atoms with Gasteiger partial charge in [0.2, 0.25) is 0 Å². The van der Waals surface area contributed by atoms with Gasteiger partial charge in [-0.3, -0.25) is 0 Å². The zero-order valence-corrected chi connectivity index (χ0v) is 22.5. The van der Waals surface area contributed by atoms with Crippen molar-refractivity contribution in [3.63, 3.8) is 0 Å². The fourth-order valence-corrected chi connectivity index (χ4v) is 3.38. The van der Waals surface area contributed by atoms with Crippen LogP contribution in [0.25, 0.3) is 0 Å². The van der Waals surface area contributed by atoms with E-state index in [2.05, 4.69) is 88.0 Å². The second kappa shape index (κ2) is 23.9. The van der Waals surface area contributed by atoms with Crippen LogP contribution in [0.3, 0.4) is 0 Å². The van der Waals surface area contributed by atoms with Crippen molar-refractivity contribution in [3.05, 3.63) is 0 Å². The molecule has 0 aromatic heterocycles. The standard InChI is InChI=1S/C16H36N.C4H8N2S4.Ni/c1-5-9-13-17(14-10-6-2,15-11-7-3)16-12-8-4;7-3(8)5-1-2-6-4(9)10;/h5-16H2,1-4H3;1-2H2,(H2,5,7,8)(H2,6,9,10);/q+1;;/p-2. The molecule has 0 fully saturated rings. The number of thiocarbonyl (C=S) groups is 2. The largest absolute Gasteiger partial charge is 0.412 e. The Kier molecular flexibility index (Phi) is 28.5. The maximum atomic E-state index is 4.59. The third kappa shape index (κ3) is 23.0. The minimum atomic E-state index is 0. The van der Waals surface area contributed by atoms with E-state index in [0.717, 1.165) is 0 Å². The van der Waals surface area contributed by atoms with Crippen molar-refractivity contribution in [3.8, 4) is 0 Å². The molecule has 0 unspecified atom stereocenters. The molecular formula is C20H42N3NiS4-. The summed E-state index contributed by atoms with van der Waals surface area (Å²) in [5.74, 6) is 0. The normalized spacial score (nSPS) is 10.3. The van der Waals surface area contributed by atoms with Gasteiger partial charge in [-0.05, 0) is 25.7 Å². The van der Waals surface area contributed by atoms with Crippen LogP contribution in [0.1, 0.15) is 79.1 Å². The molecule has 0 heterocycles. The van der Waals surface area contributed by atoms with E-state index in [4.69, 9.17) is 0 Å². The van der Waals surface area contributed by atoms with Crippen molar-refractivity contribution in [2.75, 3.05) is 39.3 Å². The average molecular weight is 512 g/mol. The molecule has 0 aliphatic rings. The van der Waals surface area contributed by atoms with Crippen LogP contribution in [0.2, 0.25) is 0 Å². The molecule has 0 bridgehead atoms. The first-order valence-electron chi connectivity index (χ1n) is 10.6. The predicted octanol–water partition coefficient (Wildman–Crippen LogP) is 4.83. The molecule has 0 aliphatic carbocycles. The van der Waals surface area contributed by atoms with Crippen LogP contribution < -0.4 is 10.6 Å². The van der Waals surface area contributed by atoms with Gasteiger partial charge < -0.3 is 64.8 Å². The number of quaternary nitrogens is 1. The second-order valence-corrected chi connectivity index (χ2v) is 9.23. The maximum absolute atomic E-state index is 4.59. The average Bonchev–Trinajstić information content (AvgIpc) is 2.64. The molecule has 0 spiro atoms. The van der Waals surface area contributed by atoms with E-state index in [1.807, 2.05) is 0 Å². The van der Waals surface area contributed by atoms with Crippen LogP contribution in [0.4, 0.5) is 0 Å². The first kappa shape index (κ1) is 33.3. The van der Waals surface area contributed by atoms with Crippen molar-refractivity contribution in [1.82, 2.24) is 10.6 Å².